The number of esters is 1. The van der Waals surface area contributed by atoms with E-state index in [0.29, 0.717) is 28.4 Å². The minimum atomic E-state index is -0.454. The van der Waals surface area contributed by atoms with Gasteiger partial charge in [0.2, 0.25) is 0 Å². The summed E-state index contributed by atoms with van der Waals surface area (Å²) in [5.74, 6) is 0.300. The van der Waals surface area contributed by atoms with Crippen molar-refractivity contribution in [2.24, 2.45) is 0 Å². The highest BCUT2D eigenvalue weighted by Crippen LogP contribution is 2.32. The molecule has 0 spiro atoms. The second kappa shape index (κ2) is 9.39. The quantitative estimate of drug-likeness (QED) is 0.430. The van der Waals surface area contributed by atoms with Crippen LogP contribution in [0.2, 0.25) is 0 Å². The molecule has 1 amide bonds. The summed E-state index contributed by atoms with van der Waals surface area (Å²) in [4.78, 5) is 29.1. The third-order valence-electron chi connectivity index (χ3n) is 4.90. The molecule has 33 heavy (non-hydrogen) atoms. The first-order chi connectivity index (χ1) is 16.0. The second-order valence-electron chi connectivity index (χ2n) is 6.95. The molecule has 9 heteroatoms. The number of benzene rings is 2. The van der Waals surface area contributed by atoms with Crippen molar-refractivity contribution >= 4 is 23.2 Å². The molecule has 0 aliphatic heterocycles. The second-order valence-corrected chi connectivity index (χ2v) is 6.95. The standard InChI is InChI=1S/C24H22N4O5/c1-4-33-24(30)16-6-5-7-17(12-16)26-23(29)18-14-22-25-11-10-19(28(22)27-18)15-8-9-20(31-2)21(13-15)32-3/h5-14H,4H2,1-3H3,(H,26,29). The van der Waals surface area contributed by atoms with Crippen LogP contribution in [-0.2, 0) is 4.74 Å². The van der Waals surface area contributed by atoms with E-state index in [9.17, 15) is 9.59 Å². The first kappa shape index (κ1) is 21.8. The Balaban J connectivity index is 1.64. The molecule has 4 aromatic rings. The van der Waals surface area contributed by atoms with Gasteiger partial charge in [0.15, 0.2) is 22.8 Å². The molecule has 2 aromatic heterocycles. The van der Waals surface area contributed by atoms with Gasteiger partial charge in [-0.05, 0) is 49.4 Å². The van der Waals surface area contributed by atoms with Gasteiger partial charge in [0.1, 0.15) is 0 Å². The van der Waals surface area contributed by atoms with Crippen LogP contribution >= 0.6 is 0 Å². The summed E-state index contributed by atoms with van der Waals surface area (Å²) in [6, 6.07) is 15.4. The van der Waals surface area contributed by atoms with Gasteiger partial charge < -0.3 is 19.5 Å². The highest BCUT2D eigenvalue weighted by Gasteiger charge is 2.16. The minimum Gasteiger partial charge on any atom is -0.493 e. The van der Waals surface area contributed by atoms with Crippen molar-refractivity contribution in [3.05, 3.63) is 72.1 Å². The molecule has 0 saturated heterocycles. The Kier molecular flexibility index (Phi) is 6.21. The summed E-state index contributed by atoms with van der Waals surface area (Å²) in [7, 11) is 3.14. The maximum atomic E-state index is 12.9. The van der Waals surface area contributed by atoms with Crippen LogP contribution in [0.25, 0.3) is 16.9 Å². The lowest BCUT2D eigenvalue weighted by molar-refractivity contribution is 0.0526. The number of methoxy groups -OCH3 is 2. The van der Waals surface area contributed by atoms with Gasteiger partial charge in [-0.25, -0.2) is 14.3 Å². The molecular formula is C24H22N4O5. The van der Waals surface area contributed by atoms with Crippen molar-refractivity contribution < 1.29 is 23.8 Å². The lowest BCUT2D eigenvalue weighted by Crippen LogP contribution is -2.13. The Bertz CT molecular complexity index is 1330. The third kappa shape index (κ3) is 4.47. The fourth-order valence-electron chi connectivity index (χ4n) is 3.35. The predicted molar refractivity (Wildman–Crippen MR) is 122 cm³/mol. The topological polar surface area (TPSA) is 104 Å². The SMILES string of the molecule is CCOC(=O)c1cccc(NC(=O)c2cc3nccc(-c4ccc(OC)c(OC)c4)n3n2)c1. The molecule has 9 nitrogen and oxygen atoms in total. The molecule has 2 aromatic carbocycles. The summed E-state index contributed by atoms with van der Waals surface area (Å²) < 4.78 is 17.3. The van der Waals surface area contributed by atoms with Gasteiger partial charge in [0.25, 0.3) is 5.91 Å². The summed E-state index contributed by atoms with van der Waals surface area (Å²) in [5.41, 5.74) is 3.03. The van der Waals surface area contributed by atoms with Gasteiger partial charge in [-0.1, -0.05) is 6.07 Å². The molecule has 0 atom stereocenters. The minimum absolute atomic E-state index is 0.178. The van der Waals surface area contributed by atoms with Gasteiger partial charge in [-0.2, -0.15) is 5.10 Å². The van der Waals surface area contributed by atoms with Crippen molar-refractivity contribution in [1.29, 1.82) is 0 Å². The lowest BCUT2D eigenvalue weighted by atomic mass is 10.1. The number of carbonyl (C=O) groups excluding carboxylic acids is 2. The number of anilines is 1. The van der Waals surface area contributed by atoms with E-state index in [0.717, 1.165) is 11.3 Å². The highest BCUT2D eigenvalue weighted by molar-refractivity contribution is 6.04. The van der Waals surface area contributed by atoms with Crippen LogP contribution in [0, 0.1) is 0 Å². The number of aromatic nitrogens is 3. The van der Waals surface area contributed by atoms with Crippen LogP contribution in [0.15, 0.2) is 60.8 Å². The number of ether oxygens (including phenoxy) is 3. The average Bonchev–Trinajstić information content (AvgIpc) is 3.29. The first-order valence-electron chi connectivity index (χ1n) is 10.2. The number of nitrogens with one attached hydrogen (secondary N) is 1. The number of hydrogen-bond acceptors (Lipinski definition) is 7. The predicted octanol–water partition coefficient (Wildman–Crippen LogP) is 3.84. The van der Waals surface area contributed by atoms with E-state index in [-0.39, 0.29) is 12.3 Å². The van der Waals surface area contributed by atoms with Gasteiger partial charge in [-0.15, -0.1) is 0 Å². The van der Waals surface area contributed by atoms with E-state index in [4.69, 9.17) is 14.2 Å². The van der Waals surface area contributed by atoms with Gasteiger partial charge >= 0.3 is 5.97 Å². The smallest absolute Gasteiger partial charge is 0.338 e. The van der Waals surface area contributed by atoms with E-state index >= 15 is 0 Å². The number of carbonyl (C=O) groups is 2. The summed E-state index contributed by atoms with van der Waals surface area (Å²) >= 11 is 0. The van der Waals surface area contributed by atoms with Crippen LogP contribution in [0.1, 0.15) is 27.8 Å². The first-order valence-corrected chi connectivity index (χ1v) is 10.2. The number of fused-ring (bicyclic) bond motifs is 1. The number of hydrogen-bond donors (Lipinski definition) is 1. The Morgan fingerprint density at radius 3 is 2.58 bits per heavy atom. The van der Waals surface area contributed by atoms with Crippen molar-refractivity contribution in [3.63, 3.8) is 0 Å². The molecule has 4 rings (SSSR count). The molecule has 1 N–H and O–H groups in total. The van der Waals surface area contributed by atoms with E-state index in [1.807, 2.05) is 12.1 Å². The zero-order valence-corrected chi connectivity index (χ0v) is 18.4. The number of nitrogens with zero attached hydrogens (tertiary/aromatic N) is 3. The zero-order chi connectivity index (χ0) is 23.4. The van der Waals surface area contributed by atoms with Crippen LogP contribution < -0.4 is 14.8 Å². The van der Waals surface area contributed by atoms with Crippen molar-refractivity contribution in [2.45, 2.75) is 6.92 Å². The largest absolute Gasteiger partial charge is 0.493 e. The Morgan fingerprint density at radius 2 is 1.82 bits per heavy atom. The highest BCUT2D eigenvalue weighted by atomic mass is 16.5. The molecule has 0 aliphatic rings. The normalized spacial score (nSPS) is 10.6. The third-order valence-corrected chi connectivity index (χ3v) is 4.90. The van der Waals surface area contributed by atoms with Crippen molar-refractivity contribution in [2.75, 3.05) is 26.1 Å². The van der Waals surface area contributed by atoms with Crippen LogP contribution in [0.5, 0.6) is 11.5 Å². The Hall–Kier alpha value is -4.40. The fraction of sp³-hybridized carbons (Fsp3) is 0.167. The summed E-state index contributed by atoms with van der Waals surface area (Å²) in [6.45, 7) is 2.00. The monoisotopic (exact) mass is 446 g/mol. The summed E-state index contributed by atoms with van der Waals surface area (Å²) in [5, 5.41) is 7.21. The molecular weight excluding hydrogens is 424 g/mol. The maximum absolute atomic E-state index is 12.9. The molecule has 0 unspecified atom stereocenters. The van der Waals surface area contributed by atoms with E-state index in [2.05, 4.69) is 15.4 Å². The molecule has 0 fully saturated rings. The van der Waals surface area contributed by atoms with E-state index in [1.165, 1.54) is 0 Å². The number of rotatable bonds is 7. The number of amides is 1. The van der Waals surface area contributed by atoms with E-state index < -0.39 is 11.9 Å². The van der Waals surface area contributed by atoms with Crippen LogP contribution in [0.4, 0.5) is 5.69 Å². The van der Waals surface area contributed by atoms with E-state index in [1.54, 1.807) is 74.3 Å². The van der Waals surface area contributed by atoms with Crippen molar-refractivity contribution in [3.8, 4) is 22.8 Å². The molecule has 0 aliphatic carbocycles. The molecule has 2 heterocycles. The molecule has 168 valence electrons. The lowest BCUT2D eigenvalue weighted by Gasteiger charge is -2.10. The van der Waals surface area contributed by atoms with Crippen molar-refractivity contribution in [1.82, 2.24) is 14.6 Å². The zero-order valence-electron chi connectivity index (χ0n) is 18.4. The Morgan fingerprint density at radius 1 is 1.00 bits per heavy atom. The van der Waals surface area contributed by atoms with Gasteiger partial charge in [0.05, 0.1) is 32.1 Å². The van der Waals surface area contributed by atoms with Crippen LogP contribution in [0.3, 0.4) is 0 Å². The maximum Gasteiger partial charge on any atom is 0.338 e. The van der Waals surface area contributed by atoms with Crippen LogP contribution in [-0.4, -0.2) is 47.3 Å². The summed E-state index contributed by atoms with van der Waals surface area (Å²) in [6.07, 6.45) is 1.65. The average molecular weight is 446 g/mol. The molecule has 0 saturated carbocycles. The van der Waals surface area contributed by atoms with Gasteiger partial charge in [-0.3, -0.25) is 4.79 Å². The Labute approximate surface area is 189 Å². The molecule has 0 bridgehead atoms. The van der Waals surface area contributed by atoms with Gasteiger partial charge in [0, 0.05) is 23.5 Å². The molecule has 0 radical (unpaired) electrons. The fourth-order valence-corrected chi connectivity index (χ4v) is 3.35.